The molecule has 0 fully saturated rings. The third-order valence-corrected chi connectivity index (χ3v) is 3.81. The largest absolute Gasteiger partial charge is 0.468 e. The summed E-state index contributed by atoms with van der Waals surface area (Å²) in [6.45, 7) is 1.94. The maximum Gasteiger partial charge on any atom is 0.373 e. The van der Waals surface area contributed by atoms with Crippen molar-refractivity contribution in [2.45, 2.75) is 19.0 Å². The lowest BCUT2D eigenvalue weighted by Crippen LogP contribution is -2.33. The zero-order chi connectivity index (χ0) is 13.0. The molecule has 16 heavy (non-hydrogen) atoms. The summed E-state index contributed by atoms with van der Waals surface area (Å²) in [6.07, 6.45) is 0.250. The smallest absolute Gasteiger partial charge is 0.373 e. The predicted molar refractivity (Wildman–Crippen MR) is 63.6 cm³/mol. The van der Waals surface area contributed by atoms with Gasteiger partial charge in [0.1, 0.15) is 6.04 Å². The molecule has 0 aromatic rings. The minimum absolute atomic E-state index is 0.173. The van der Waals surface area contributed by atoms with E-state index in [9.17, 15) is 4.79 Å². The fourth-order valence-electron chi connectivity index (χ4n) is 0.496. The average molecular weight is 268 g/mol. The molecule has 0 rings (SSSR count). The molecule has 0 saturated carbocycles. The molecule has 0 unspecified atom stereocenters. The van der Waals surface area contributed by atoms with Gasteiger partial charge in [-0.05, 0) is 6.92 Å². The van der Waals surface area contributed by atoms with Crippen LogP contribution in [0.25, 0.3) is 0 Å². The van der Waals surface area contributed by atoms with E-state index in [1.807, 2.05) is 6.92 Å². The van der Waals surface area contributed by atoms with Crippen LogP contribution in [0.5, 0.6) is 0 Å². The van der Waals surface area contributed by atoms with Crippen LogP contribution in [0.1, 0.15) is 6.92 Å². The number of carbonyl (C=O) groups excluding carboxylic acids is 3. The van der Waals surface area contributed by atoms with Gasteiger partial charge in [0.25, 0.3) is 0 Å². The molecular weight excluding hydrogens is 252 g/mol. The minimum atomic E-state index is -0.532. The van der Waals surface area contributed by atoms with Crippen LogP contribution in [0.15, 0.2) is 0 Å². The Labute approximate surface area is 102 Å². The molecule has 0 aliphatic carbocycles. The summed E-state index contributed by atoms with van der Waals surface area (Å²) in [6, 6.07) is -0.359. The summed E-state index contributed by atoms with van der Waals surface area (Å²) >= 11 is 0. The van der Waals surface area contributed by atoms with Gasteiger partial charge in [-0.3, -0.25) is 4.79 Å². The van der Waals surface area contributed by atoms with Crippen LogP contribution in [-0.2, 0) is 19.1 Å². The zero-order valence-electron chi connectivity index (χ0n) is 9.17. The van der Waals surface area contributed by atoms with Gasteiger partial charge in [-0.2, -0.15) is 9.59 Å². The quantitative estimate of drug-likeness (QED) is 0.381. The molecule has 0 heterocycles. The van der Waals surface area contributed by atoms with Crippen LogP contribution in [0.3, 0.4) is 0 Å². The Morgan fingerprint density at radius 3 is 2.12 bits per heavy atom. The number of nitrogens with two attached hydrogens (primary N) is 2. The first-order valence-corrected chi connectivity index (χ1v) is 6.81. The second-order valence-electron chi connectivity index (χ2n) is 2.76. The van der Waals surface area contributed by atoms with E-state index in [1.54, 1.807) is 21.6 Å². The lowest BCUT2D eigenvalue weighted by Gasteiger charge is -2.08. The molecule has 0 aromatic carbocycles. The molecule has 94 valence electrons. The Bertz CT molecular complexity index is 220. The molecular formula is C8H16N2O4S2. The van der Waals surface area contributed by atoms with Gasteiger partial charge in [0.15, 0.2) is 0 Å². The van der Waals surface area contributed by atoms with Crippen molar-refractivity contribution in [3.63, 3.8) is 0 Å². The standard InChI is InChI=1S/C7H16N2O2S2.CO2/c1-5(8)3-12-13-4-6(9)7(10)11-2;2-1-3/h5-6H,3-4,8-9H2,1-2H3;/t5-,6+;/m1./s1. The number of rotatable bonds is 6. The SMILES string of the molecule is COC(=O)[C@@H](N)CSSC[C@@H](C)N.O=C=O. The first-order valence-electron chi connectivity index (χ1n) is 4.32. The van der Waals surface area contributed by atoms with E-state index in [0.717, 1.165) is 5.75 Å². The molecule has 8 heteroatoms. The van der Waals surface area contributed by atoms with Crippen LogP contribution >= 0.6 is 21.6 Å². The Morgan fingerprint density at radius 2 is 1.75 bits per heavy atom. The van der Waals surface area contributed by atoms with E-state index in [0.29, 0.717) is 5.75 Å². The van der Waals surface area contributed by atoms with E-state index in [-0.39, 0.29) is 18.2 Å². The topological polar surface area (TPSA) is 112 Å². The summed E-state index contributed by atoms with van der Waals surface area (Å²) in [5, 5.41) is 0. The van der Waals surface area contributed by atoms with Gasteiger partial charge < -0.3 is 16.2 Å². The normalized spacial score (nSPS) is 12.8. The Kier molecular flexibility index (Phi) is 14.0. The number of carbonyl (C=O) groups is 1. The van der Waals surface area contributed by atoms with E-state index in [2.05, 4.69) is 4.74 Å². The molecule has 0 spiro atoms. The Balaban J connectivity index is 0. The molecule has 0 aliphatic rings. The highest BCUT2D eigenvalue weighted by molar-refractivity contribution is 8.76. The Morgan fingerprint density at radius 1 is 1.31 bits per heavy atom. The van der Waals surface area contributed by atoms with Gasteiger partial charge in [0.05, 0.1) is 7.11 Å². The van der Waals surface area contributed by atoms with Crippen LogP contribution in [0.4, 0.5) is 0 Å². The van der Waals surface area contributed by atoms with Gasteiger partial charge in [0.2, 0.25) is 0 Å². The predicted octanol–water partition coefficient (Wildman–Crippen LogP) is -0.368. The fourth-order valence-corrected chi connectivity index (χ4v) is 2.85. The van der Waals surface area contributed by atoms with Crippen molar-refractivity contribution in [2.24, 2.45) is 11.5 Å². The van der Waals surface area contributed by atoms with E-state index in [1.165, 1.54) is 7.11 Å². The monoisotopic (exact) mass is 268 g/mol. The van der Waals surface area contributed by atoms with Crippen molar-refractivity contribution in [1.29, 1.82) is 0 Å². The third-order valence-electron chi connectivity index (χ3n) is 1.17. The summed E-state index contributed by atoms with van der Waals surface area (Å²) in [4.78, 5) is 27.1. The second kappa shape index (κ2) is 12.5. The molecule has 0 aromatic heterocycles. The molecule has 4 N–H and O–H groups in total. The second-order valence-corrected chi connectivity index (χ2v) is 5.31. The van der Waals surface area contributed by atoms with Crippen molar-refractivity contribution in [3.05, 3.63) is 0 Å². The van der Waals surface area contributed by atoms with Crippen molar-refractivity contribution in [3.8, 4) is 0 Å². The Hall–Kier alpha value is -0.530. The number of esters is 1. The van der Waals surface area contributed by atoms with E-state index in [4.69, 9.17) is 21.1 Å². The van der Waals surface area contributed by atoms with Gasteiger partial charge in [-0.25, -0.2) is 0 Å². The summed E-state index contributed by atoms with van der Waals surface area (Å²) in [5.41, 5.74) is 11.0. The maximum absolute atomic E-state index is 10.8. The lowest BCUT2D eigenvalue weighted by atomic mass is 10.4. The zero-order valence-corrected chi connectivity index (χ0v) is 10.8. The van der Waals surface area contributed by atoms with Crippen molar-refractivity contribution >= 4 is 33.7 Å². The van der Waals surface area contributed by atoms with Crippen LogP contribution in [0.2, 0.25) is 0 Å². The van der Waals surface area contributed by atoms with Gasteiger partial charge >= 0.3 is 12.1 Å². The summed E-state index contributed by atoms with van der Waals surface area (Å²) < 4.78 is 4.48. The first-order chi connectivity index (χ1) is 7.49. The molecule has 6 nitrogen and oxygen atoms in total. The highest BCUT2D eigenvalue weighted by Gasteiger charge is 2.13. The van der Waals surface area contributed by atoms with Crippen LogP contribution in [0, 0.1) is 0 Å². The fraction of sp³-hybridized carbons (Fsp3) is 0.750. The maximum atomic E-state index is 10.8. The van der Waals surface area contributed by atoms with Gasteiger partial charge in [-0.1, -0.05) is 21.6 Å². The van der Waals surface area contributed by atoms with E-state index < -0.39 is 6.04 Å². The first kappa shape index (κ1) is 17.9. The molecule has 0 saturated heterocycles. The number of methoxy groups -OCH3 is 1. The van der Waals surface area contributed by atoms with Gasteiger partial charge in [0, 0.05) is 17.5 Å². The number of hydrogen-bond donors (Lipinski definition) is 2. The van der Waals surface area contributed by atoms with Crippen LogP contribution < -0.4 is 11.5 Å². The number of ether oxygens (including phenoxy) is 1. The summed E-state index contributed by atoms with van der Waals surface area (Å²) in [5.74, 6) is 1.05. The lowest BCUT2D eigenvalue weighted by molar-refractivity contribution is -0.191. The van der Waals surface area contributed by atoms with E-state index >= 15 is 0 Å². The van der Waals surface area contributed by atoms with Crippen molar-refractivity contribution in [1.82, 2.24) is 0 Å². The average Bonchev–Trinajstić information content (AvgIpc) is 2.23. The van der Waals surface area contributed by atoms with Crippen LogP contribution in [-0.4, -0.2) is 42.8 Å². The third kappa shape index (κ3) is 13.5. The molecule has 0 amide bonds. The minimum Gasteiger partial charge on any atom is -0.468 e. The summed E-state index contributed by atoms with van der Waals surface area (Å²) in [7, 11) is 4.50. The molecule has 0 bridgehead atoms. The molecule has 2 atom stereocenters. The molecule has 0 radical (unpaired) electrons. The van der Waals surface area contributed by atoms with Crippen molar-refractivity contribution in [2.75, 3.05) is 18.6 Å². The number of hydrogen-bond acceptors (Lipinski definition) is 8. The van der Waals surface area contributed by atoms with Crippen molar-refractivity contribution < 1.29 is 19.1 Å². The highest BCUT2D eigenvalue weighted by atomic mass is 33.1. The van der Waals surface area contributed by atoms with Gasteiger partial charge in [-0.15, -0.1) is 0 Å². The molecule has 0 aliphatic heterocycles. The highest BCUT2D eigenvalue weighted by Crippen LogP contribution is 2.21.